The van der Waals surface area contributed by atoms with Gasteiger partial charge in [-0.2, -0.15) is 5.10 Å². The van der Waals surface area contributed by atoms with Crippen molar-refractivity contribution in [2.24, 2.45) is 5.41 Å². The maximum absolute atomic E-state index is 11.6. The number of hydrogen-bond acceptors (Lipinski definition) is 4. The molecule has 1 aromatic heterocycles. The topological polar surface area (TPSA) is 87.7 Å². The van der Waals surface area contributed by atoms with Gasteiger partial charge in [0.1, 0.15) is 12.2 Å². The fourth-order valence-corrected chi connectivity index (χ4v) is 2.95. The molecule has 0 aliphatic rings. The second kappa shape index (κ2) is 4.92. The average molecular weight is 246 g/mol. The van der Waals surface area contributed by atoms with Gasteiger partial charge >= 0.3 is 0 Å². The standard InChI is InChI=1S/C9H18N4O2S/c1-9(2,3)6-16(14,15)12-5-4-8-10-7-11-13-8/h7,12H,4-6H2,1-3H3,(H,10,11,13). The molecule has 0 aromatic carbocycles. The Balaban J connectivity index is 2.37. The third-order valence-corrected chi connectivity index (χ3v) is 3.66. The highest BCUT2D eigenvalue weighted by atomic mass is 32.2. The van der Waals surface area contributed by atoms with Crippen molar-refractivity contribution in [2.75, 3.05) is 12.3 Å². The van der Waals surface area contributed by atoms with Crippen molar-refractivity contribution in [1.29, 1.82) is 0 Å². The van der Waals surface area contributed by atoms with E-state index in [4.69, 9.17) is 0 Å². The van der Waals surface area contributed by atoms with Crippen molar-refractivity contribution < 1.29 is 8.42 Å². The summed E-state index contributed by atoms with van der Waals surface area (Å²) in [6.07, 6.45) is 1.92. The zero-order chi connectivity index (χ0) is 12.2. The highest BCUT2D eigenvalue weighted by Gasteiger charge is 2.20. The van der Waals surface area contributed by atoms with Crippen LogP contribution in [0.3, 0.4) is 0 Å². The number of hydrogen-bond donors (Lipinski definition) is 2. The summed E-state index contributed by atoms with van der Waals surface area (Å²) >= 11 is 0. The minimum Gasteiger partial charge on any atom is -0.263 e. The van der Waals surface area contributed by atoms with E-state index < -0.39 is 10.0 Å². The normalized spacial score (nSPS) is 12.9. The summed E-state index contributed by atoms with van der Waals surface area (Å²) in [4.78, 5) is 3.91. The second-order valence-corrected chi connectivity index (χ2v) is 6.70. The van der Waals surface area contributed by atoms with Gasteiger partial charge in [0.2, 0.25) is 10.0 Å². The molecule has 0 radical (unpaired) electrons. The zero-order valence-corrected chi connectivity index (χ0v) is 10.6. The number of rotatable bonds is 5. The Hall–Kier alpha value is -0.950. The molecule has 0 bridgehead atoms. The molecular formula is C9H18N4O2S. The maximum Gasteiger partial charge on any atom is 0.212 e. The van der Waals surface area contributed by atoms with Crippen LogP contribution < -0.4 is 4.72 Å². The molecule has 0 aliphatic heterocycles. The molecule has 0 saturated carbocycles. The number of H-pyrrole nitrogens is 1. The number of nitrogens with zero attached hydrogens (tertiary/aromatic N) is 2. The highest BCUT2D eigenvalue weighted by Crippen LogP contribution is 2.15. The van der Waals surface area contributed by atoms with E-state index in [1.807, 2.05) is 20.8 Å². The van der Waals surface area contributed by atoms with Crippen LogP contribution in [0.1, 0.15) is 26.6 Å². The molecule has 0 fully saturated rings. The lowest BCUT2D eigenvalue weighted by molar-refractivity contribution is 0.458. The maximum atomic E-state index is 11.6. The quantitative estimate of drug-likeness (QED) is 0.783. The molecule has 0 unspecified atom stereocenters. The lowest BCUT2D eigenvalue weighted by atomic mass is 10.0. The number of aromatic amines is 1. The van der Waals surface area contributed by atoms with E-state index in [9.17, 15) is 8.42 Å². The van der Waals surface area contributed by atoms with E-state index in [0.717, 1.165) is 0 Å². The Morgan fingerprint density at radius 2 is 2.12 bits per heavy atom. The lowest BCUT2D eigenvalue weighted by Gasteiger charge is -2.18. The predicted molar refractivity (Wildman–Crippen MR) is 61.3 cm³/mol. The van der Waals surface area contributed by atoms with Gasteiger partial charge in [-0.1, -0.05) is 20.8 Å². The highest BCUT2D eigenvalue weighted by molar-refractivity contribution is 7.89. The van der Waals surface area contributed by atoms with Crippen LogP contribution in [0.2, 0.25) is 0 Å². The van der Waals surface area contributed by atoms with Crippen molar-refractivity contribution in [3.63, 3.8) is 0 Å². The fraction of sp³-hybridized carbons (Fsp3) is 0.778. The minimum atomic E-state index is -3.20. The average Bonchev–Trinajstić information content (AvgIpc) is 2.51. The van der Waals surface area contributed by atoms with E-state index in [-0.39, 0.29) is 11.2 Å². The van der Waals surface area contributed by atoms with Crippen LogP contribution >= 0.6 is 0 Å². The summed E-state index contributed by atoms with van der Waals surface area (Å²) in [6, 6.07) is 0. The molecule has 0 amide bonds. The summed E-state index contributed by atoms with van der Waals surface area (Å²) < 4.78 is 25.8. The van der Waals surface area contributed by atoms with Gasteiger partial charge in [0, 0.05) is 13.0 Å². The van der Waals surface area contributed by atoms with Crippen molar-refractivity contribution >= 4 is 10.0 Å². The molecule has 2 N–H and O–H groups in total. The van der Waals surface area contributed by atoms with Crippen LogP contribution in [0.15, 0.2) is 6.33 Å². The first-order chi connectivity index (χ1) is 7.29. The number of aromatic nitrogens is 3. The van der Waals surface area contributed by atoms with Crippen molar-refractivity contribution in [3.05, 3.63) is 12.2 Å². The summed E-state index contributed by atoms with van der Waals surface area (Å²) in [7, 11) is -3.20. The van der Waals surface area contributed by atoms with Crippen molar-refractivity contribution in [1.82, 2.24) is 19.9 Å². The number of sulfonamides is 1. The summed E-state index contributed by atoms with van der Waals surface area (Å²) in [5.74, 6) is 0.801. The Kier molecular flexibility index (Phi) is 4.03. The minimum absolute atomic E-state index is 0.121. The molecule has 1 rings (SSSR count). The molecule has 6 nitrogen and oxygen atoms in total. The molecule has 0 saturated heterocycles. The van der Waals surface area contributed by atoms with Gasteiger partial charge in [0.15, 0.2) is 0 Å². The number of nitrogens with one attached hydrogen (secondary N) is 2. The van der Waals surface area contributed by atoms with Gasteiger partial charge in [-0.3, -0.25) is 5.10 Å². The van der Waals surface area contributed by atoms with Gasteiger partial charge in [-0.15, -0.1) is 0 Å². The smallest absolute Gasteiger partial charge is 0.212 e. The molecule has 1 heterocycles. The molecule has 0 spiro atoms. The largest absolute Gasteiger partial charge is 0.263 e. The Morgan fingerprint density at radius 3 is 2.62 bits per heavy atom. The Morgan fingerprint density at radius 1 is 1.44 bits per heavy atom. The van der Waals surface area contributed by atoms with Gasteiger partial charge in [-0.25, -0.2) is 18.1 Å². The third kappa shape index (κ3) is 5.22. The van der Waals surface area contributed by atoms with E-state index >= 15 is 0 Å². The van der Waals surface area contributed by atoms with Crippen LogP contribution in [0, 0.1) is 5.41 Å². The van der Waals surface area contributed by atoms with Gasteiger partial charge < -0.3 is 0 Å². The first kappa shape index (κ1) is 13.1. The Labute approximate surface area is 95.9 Å². The van der Waals surface area contributed by atoms with Gasteiger partial charge in [0.05, 0.1) is 5.75 Å². The molecular weight excluding hydrogens is 228 g/mol. The van der Waals surface area contributed by atoms with Gasteiger partial charge in [-0.05, 0) is 5.41 Å². The summed E-state index contributed by atoms with van der Waals surface area (Å²) in [5, 5.41) is 6.36. The Bertz CT molecular complexity index is 405. The van der Waals surface area contributed by atoms with Crippen molar-refractivity contribution in [2.45, 2.75) is 27.2 Å². The molecule has 16 heavy (non-hydrogen) atoms. The lowest BCUT2D eigenvalue weighted by Crippen LogP contribution is -2.33. The summed E-state index contributed by atoms with van der Waals surface area (Å²) in [5.41, 5.74) is -0.238. The first-order valence-electron chi connectivity index (χ1n) is 5.10. The second-order valence-electron chi connectivity index (χ2n) is 4.90. The van der Waals surface area contributed by atoms with E-state index in [1.54, 1.807) is 0 Å². The third-order valence-electron chi connectivity index (χ3n) is 1.77. The monoisotopic (exact) mass is 246 g/mol. The van der Waals surface area contributed by atoms with Crippen LogP contribution in [0.4, 0.5) is 0 Å². The van der Waals surface area contributed by atoms with Crippen LogP contribution in [-0.4, -0.2) is 35.9 Å². The molecule has 7 heteroatoms. The predicted octanol–water partition coefficient (Wildman–Crippen LogP) is 0.313. The zero-order valence-electron chi connectivity index (χ0n) is 9.82. The van der Waals surface area contributed by atoms with Crippen LogP contribution in [0.5, 0.6) is 0 Å². The first-order valence-corrected chi connectivity index (χ1v) is 6.75. The van der Waals surface area contributed by atoms with Crippen LogP contribution in [0.25, 0.3) is 0 Å². The molecule has 0 atom stereocenters. The molecule has 0 aliphatic carbocycles. The van der Waals surface area contributed by atoms with Gasteiger partial charge in [0.25, 0.3) is 0 Å². The molecule has 92 valence electrons. The van der Waals surface area contributed by atoms with Crippen molar-refractivity contribution in [3.8, 4) is 0 Å². The fourth-order valence-electron chi connectivity index (χ4n) is 1.30. The van der Waals surface area contributed by atoms with E-state index in [0.29, 0.717) is 18.8 Å². The van der Waals surface area contributed by atoms with E-state index in [1.165, 1.54) is 6.33 Å². The van der Waals surface area contributed by atoms with E-state index in [2.05, 4.69) is 19.9 Å². The molecule has 1 aromatic rings. The SMILES string of the molecule is CC(C)(C)CS(=O)(=O)NCCc1ncn[nH]1. The van der Waals surface area contributed by atoms with Crippen LogP contribution in [-0.2, 0) is 16.4 Å². The summed E-state index contributed by atoms with van der Waals surface area (Å²) in [6.45, 7) is 6.02.